The summed E-state index contributed by atoms with van der Waals surface area (Å²) in [5.41, 5.74) is -0.398. The van der Waals surface area contributed by atoms with Crippen molar-refractivity contribution in [3.05, 3.63) is 35.4 Å². The minimum Gasteiger partial charge on any atom is -0.478 e. The van der Waals surface area contributed by atoms with Gasteiger partial charge >= 0.3 is 5.97 Å². The van der Waals surface area contributed by atoms with E-state index in [1.807, 2.05) is 0 Å². The Hall–Kier alpha value is -1.39. The lowest BCUT2D eigenvalue weighted by molar-refractivity contribution is -0.0684. The van der Waals surface area contributed by atoms with Crippen molar-refractivity contribution in [2.45, 2.75) is 18.4 Å². The number of hydrogen-bond donors (Lipinski definition) is 2. The number of carboxylic acid groups (broad SMARTS) is 1. The lowest BCUT2D eigenvalue weighted by atomic mass is 9.83. The molecule has 1 heterocycles. The van der Waals surface area contributed by atoms with Gasteiger partial charge in [0.1, 0.15) is 0 Å². The molecule has 0 radical (unpaired) electrons. The molecular formula is C12H14O4. The van der Waals surface area contributed by atoms with Crippen molar-refractivity contribution in [2.24, 2.45) is 0 Å². The number of ether oxygens (including phenoxy) is 1. The molecule has 2 rings (SSSR count). The third-order valence-corrected chi connectivity index (χ3v) is 2.98. The van der Waals surface area contributed by atoms with Crippen molar-refractivity contribution in [3.63, 3.8) is 0 Å². The van der Waals surface area contributed by atoms with Crippen LogP contribution in [0.3, 0.4) is 0 Å². The number of benzene rings is 1. The Balaban J connectivity index is 2.42. The van der Waals surface area contributed by atoms with Crippen LogP contribution in [0.4, 0.5) is 0 Å². The predicted octanol–water partition coefficient (Wildman–Crippen LogP) is 1.38. The zero-order valence-electron chi connectivity index (χ0n) is 8.85. The lowest BCUT2D eigenvalue weighted by Crippen LogP contribution is -2.34. The minimum atomic E-state index is -1.06. The summed E-state index contributed by atoms with van der Waals surface area (Å²) in [5, 5.41) is 19.5. The van der Waals surface area contributed by atoms with Gasteiger partial charge in [0, 0.05) is 26.1 Å². The molecule has 1 fully saturated rings. The third kappa shape index (κ3) is 1.94. The summed E-state index contributed by atoms with van der Waals surface area (Å²) in [7, 11) is 0. The van der Waals surface area contributed by atoms with Crippen molar-refractivity contribution in [3.8, 4) is 0 Å². The fraction of sp³-hybridized carbons (Fsp3) is 0.417. The van der Waals surface area contributed by atoms with Crippen molar-refractivity contribution >= 4 is 5.97 Å². The highest BCUT2D eigenvalue weighted by atomic mass is 16.5. The maximum atomic E-state index is 11.1. The van der Waals surface area contributed by atoms with Gasteiger partial charge in [-0.25, -0.2) is 4.79 Å². The van der Waals surface area contributed by atoms with E-state index >= 15 is 0 Å². The first-order chi connectivity index (χ1) is 7.63. The summed E-state index contributed by atoms with van der Waals surface area (Å²) in [6, 6.07) is 6.60. The zero-order valence-corrected chi connectivity index (χ0v) is 8.85. The molecule has 0 atom stereocenters. The van der Waals surface area contributed by atoms with Crippen molar-refractivity contribution < 1.29 is 19.7 Å². The summed E-state index contributed by atoms with van der Waals surface area (Å²) in [4.78, 5) is 11.1. The maximum Gasteiger partial charge on any atom is 0.336 e. The first-order valence-corrected chi connectivity index (χ1v) is 5.26. The molecule has 2 N–H and O–H groups in total. The van der Waals surface area contributed by atoms with Gasteiger partial charge in [-0.05, 0) is 11.6 Å². The zero-order chi connectivity index (χ0) is 11.6. The van der Waals surface area contributed by atoms with E-state index in [1.165, 1.54) is 6.07 Å². The van der Waals surface area contributed by atoms with Gasteiger partial charge < -0.3 is 14.9 Å². The number of aliphatic hydroxyl groups is 1. The Labute approximate surface area is 93.5 Å². The third-order valence-electron chi connectivity index (χ3n) is 2.98. The topological polar surface area (TPSA) is 66.8 Å². The second-order valence-electron chi connectivity index (χ2n) is 3.99. The summed E-state index contributed by atoms with van der Waals surface area (Å²) < 4.78 is 5.18. The highest BCUT2D eigenvalue weighted by molar-refractivity contribution is 5.89. The molecular weight excluding hydrogens is 208 g/mol. The van der Waals surface area contributed by atoms with Gasteiger partial charge in [0.05, 0.1) is 11.2 Å². The van der Waals surface area contributed by atoms with E-state index in [4.69, 9.17) is 9.84 Å². The van der Waals surface area contributed by atoms with Gasteiger partial charge in [0.25, 0.3) is 0 Å². The summed E-state index contributed by atoms with van der Waals surface area (Å²) in [5.74, 6) is -1.00. The van der Waals surface area contributed by atoms with Gasteiger partial charge in [-0.2, -0.15) is 0 Å². The van der Waals surface area contributed by atoms with Crippen LogP contribution in [0.1, 0.15) is 28.8 Å². The number of carbonyl (C=O) groups is 1. The Morgan fingerprint density at radius 1 is 1.25 bits per heavy atom. The normalized spacial score (nSPS) is 19.3. The molecule has 1 aliphatic rings. The van der Waals surface area contributed by atoms with Crippen molar-refractivity contribution in [1.82, 2.24) is 0 Å². The van der Waals surface area contributed by atoms with E-state index in [1.54, 1.807) is 18.2 Å². The number of hydrogen-bond acceptors (Lipinski definition) is 3. The first-order valence-electron chi connectivity index (χ1n) is 5.26. The maximum absolute atomic E-state index is 11.1. The average Bonchev–Trinajstić information content (AvgIpc) is 2.30. The van der Waals surface area contributed by atoms with Crippen LogP contribution in [-0.4, -0.2) is 29.4 Å². The summed E-state index contributed by atoms with van der Waals surface area (Å²) in [6.07, 6.45) is 0.884. The van der Waals surface area contributed by atoms with Crippen molar-refractivity contribution in [2.75, 3.05) is 13.2 Å². The minimum absolute atomic E-state index is 0.173. The highest BCUT2D eigenvalue weighted by Gasteiger charge is 2.34. The van der Waals surface area contributed by atoms with Crippen LogP contribution in [0.5, 0.6) is 0 Å². The molecule has 0 bridgehead atoms. The van der Waals surface area contributed by atoms with Gasteiger partial charge in [0.15, 0.2) is 0 Å². The van der Waals surface area contributed by atoms with Gasteiger partial charge in [-0.15, -0.1) is 0 Å². The molecule has 4 heteroatoms. The second-order valence-corrected chi connectivity index (χ2v) is 3.99. The van der Waals surface area contributed by atoms with E-state index in [9.17, 15) is 9.90 Å². The molecule has 0 aliphatic carbocycles. The van der Waals surface area contributed by atoms with Crippen molar-refractivity contribution in [1.29, 1.82) is 0 Å². The number of rotatable bonds is 2. The molecule has 1 aromatic rings. The summed E-state index contributed by atoms with van der Waals surface area (Å²) >= 11 is 0. The molecule has 0 aromatic heterocycles. The molecule has 0 saturated carbocycles. The summed E-state index contributed by atoms with van der Waals surface area (Å²) in [6.45, 7) is 0.926. The number of carboxylic acids is 1. The van der Waals surface area contributed by atoms with E-state index in [0.717, 1.165) is 0 Å². The average molecular weight is 222 g/mol. The van der Waals surface area contributed by atoms with Crippen LogP contribution in [0.2, 0.25) is 0 Å². The van der Waals surface area contributed by atoms with Crippen LogP contribution in [0.15, 0.2) is 24.3 Å². The lowest BCUT2D eigenvalue weighted by Gasteiger charge is -2.33. The van der Waals surface area contributed by atoms with E-state index in [0.29, 0.717) is 31.6 Å². The van der Waals surface area contributed by atoms with Gasteiger partial charge in [-0.1, -0.05) is 18.2 Å². The molecule has 4 nitrogen and oxygen atoms in total. The molecule has 16 heavy (non-hydrogen) atoms. The molecule has 0 unspecified atom stereocenters. The van der Waals surface area contributed by atoms with E-state index in [2.05, 4.69) is 0 Å². The molecule has 1 aliphatic heterocycles. The van der Waals surface area contributed by atoms with Crippen LogP contribution in [0, 0.1) is 0 Å². The second kappa shape index (κ2) is 4.23. The SMILES string of the molecule is O=C(O)c1ccccc1C1(O)CCOCC1. The Bertz CT molecular complexity index is 394. The van der Waals surface area contributed by atoms with Crippen LogP contribution in [0.25, 0.3) is 0 Å². The molecule has 0 amide bonds. The fourth-order valence-electron chi connectivity index (χ4n) is 2.05. The fourth-order valence-corrected chi connectivity index (χ4v) is 2.05. The Kier molecular flexibility index (Phi) is 2.94. The smallest absolute Gasteiger partial charge is 0.336 e. The Morgan fingerprint density at radius 3 is 2.50 bits per heavy atom. The first kappa shape index (κ1) is 11.1. The van der Waals surface area contributed by atoms with E-state index in [-0.39, 0.29) is 5.56 Å². The van der Waals surface area contributed by atoms with Gasteiger partial charge in [-0.3, -0.25) is 0 Å². The van der Waals surface area contributed by atoms with Crippen LogP contribution < -0.4 is 0 Å². The standard InChI is InChI=1S/C12H14O4/c13-11(14)9-3-1-2-4-10(9)12(15)5-7-16-8-6-12/h1-4,15H,5-8H2,(H,13,14). The quantitative estimate of drug-likeness (QED) is 0.793. The van der Waals surface area contributed by atoms with Crippen LogP contribution in [-0.2, 0) is 10.3 Å². The molecule has 86 valence electrons. The molecule has 0 spiro atoms. The van der Waals surface area contributed by atoms with Crippen LogP contribution >= 0.6 is 0 Å². The Morgan fingerprint density at radius 2 is 1.88 bits per heavy atom. The largest absolute Gasteiger partial charge is 0.478 e. The predicted molar refractivity (Wildman–Crippen MR) is 57.4 cm³/mol. The molecule has 1 aromatic carbocycles. The van der Waals surface area contributed by atoms with E-state index < -0.39 is 11.6 Å². The molecule has 1 saturated heterocycles. The van der Waals surface area contributed by atoms with Gasteiger partial charge in [0.2, 0.25) is 0 Å². The monoisotopic (exact) mass is 222 g/mol. The highest BCUT2D eigenvalue weighted by Crippen LogP contribution is 2.33. The number of aromatic carboxylic acids is 1.